The van der Waals surface area contributed by atoms with Crippen molar-refractivity contribution < 1.29 is 5.11 Å². The Bertz CT molecular complexity index is 940. The van der Waals surface area contributed by atoms with Crippen molar-refractivity contribution >= 4 is 11.7 Å². The number of nitrogens with one attached hydrogen (secondary N) is 2. The summed E-state index contributed by atoms with van der Waals surface area (Å²) in [6, 6.07) is 10.2. The molecule has 3 N–H and O–H groups in total. The zero-order chi connectivity index (χ0) is 20.3. The normalized spacial score (nSPS) is 19.1. The van der Waals surface area contributed by atoms with Crippen LogP contribution in [0, 0.1) is 0 Å². The molecule has 0 unspecified atom stereocenters. The Hall–Kier alpha value is -2.60. The Kier molecular flexibility index (Phi) is 5.89. The van der Waals surface area contributed by atoms with Gasteiger partial charge in [-0.15, -0.1) is 0 Å². The second kappa shape index (κ2) is 8.19. The van der Waals surface area contributed by atoms with Crippen LogP contribution in [-0.2, 0) is 11.8 Å². The minimum absolute atomic E-state index is 0.0851. The molecule has 3 rings (SSSR count). The Morgan fingerprint density at radius 1 is 1.18 bits per heavy atom. The second-order valence-electron chi connectivity index (χ2n) is 8.34. The lowest BCUT2D eigenvalue weighted by Crippen LogP contribution is -2.34. The van der Waals surface area contributed by atoms with Gasteiger partial charge in [0.05, 0.1) is 0 Å². The van der Waals surface area contributed by atoms with E-state index in [4.69, 9.17) is 5.11 Å². The van der Waals surface area contributed by atoms with Gasteiger partial charge in [0, 0.05) is 30.6 Å². The first kappa shape index (κ1) is 20.1. The minimum Gasteiger partial charge on any atom is -0.396 e. The summed E-state index contributed by atoms with van der Waals surface area (Å²) in [6.07, 6.45) is 2.18. The van der Waals surface area contributed by atoms with E-state index >= 15 is 0 Å². The molecule has 0 atom stereocenters. The molecule has 0 saturated heterocycles. The van der Waals surface area contributed by atoms with Crippen LogP contribution in [-0.4, -0.2) is 34.0 Å². The first-order chi connectivity index (χ1) is 13.3. The van der Waals surface area contributed by atoms with Gasteiger partial charge in [-0.25, -0.2) is 4.68 Å². The number of aromatic amines is 1. The predicted octanol–water partition coefficient (Wildman–Crippen LogP) is 3.03. The van der Waals surface area contributed by atoms with Crippen LogP contribution in [0.1, 0.15) is 57.4 Å². The second-order valence-corrected chi connectivity index (χ2v) is 8.34. The van der Waals surface area contributed by atoms with Crippen LogP contribution < -0.4 is 10.9 Å². The summed E-state index contributed by atoms with van der Waals surface area (Å²) >= 11 is 0. The van der Waals surface area contributed by atoms with Crippen LogP contribution in [0.25, 0.3) is 5.70 Å². The SMILES string of the molecule is C/C1=C(/c2ccc(C(C)(C)C)cc2)NC(=NCCCO)n2[nH]c(=O)cc2CC1. The van der Waals surface area contributed by atoms with Crippen LogP contribution in [0.15, 0.2) is 45.7 Å². The van der Waals surface area contributed by atoms with Crippen molar-refractivity contribution in [2.24, 2.45) is 4.99 Å². The van der Waals surface area contributed by atoms with Crippen molar-refractivity contribution in [1.29, 1.82) is 0 Å². The largest absolute Gasteiger partial charge is 0.396 e. The average Bonchev–Trinajstić information content (AvgIpc) is 3.01. The number of allylic oxidation sites excluding steroid dienone is 1. The van der Waals surface area contributed by atoms with E-state index in [2.05, 4.69) is 67.4 Å². The summed E-state index contributed by atoms with van der Waals surface area (Å²) in [5.41, 5.74) is 5.49. The molecule has 0 fully saturated rings. The fourth-order valence-corrected chi connectivity index (χ4v) is 3.34. The molecule has 1 aliphatic rings. The quantitative estimate of drug-likeness (QED) is 0.711. The van der Waals surface area contributed by atoms with Gasteiger partial charge in [-0.3, -0.25) is 14.9 Å². The molecular weight excluding hydrogens is 352 g/mol. The molecule has 1 aromatic heterocycles. The Labute approximate surface area is 166 Å². The monoisotopic (exact) mass is 382 g/mol. The third-order valence-electron chi connectivity index (χ3n) is 5.06. The number of aromatic nitrogens is 2. The van der Waals surface area contributed by atoms with E-state index in [1.54, 1.807) is 10.7 Å². The lowest BCUT2D eigenvalue weighted by atomic mass is 9.86. The summed E-state index contributed by atoms with van der Waals surface area (Å²) in [7, 11) is 0. The number of rotatable bonds is 4. The molecule has 0 aliphatic carbocycles. The van der Waals surface area contributed by atoms with Crippen molar-refractivity contribution in [3.05, 3.63) is 63.1 Å². The van der Waals surface area contributed by atoms with E-state index in [9.17, 15) is 4.79 Å². The summed E-state index contributed by atoms with van der Waals surface area (Å²) in [5, 5.41) is 15.4. The van der Waals surface area contributed by atoms with Crippen LogP contribution in [0.2, 0.25) is 0 Å². The van der Waals surface area contributed by atoms with Crippen molar-refractivity contribution in [2.45, 2.75) is 52.4 Å². The number of fused-ring (bicyclic) bond motifs is 1. The molecule has 6 nitrogen and oxygen atoms in total. The molecule has 6 heteroatoms. The highest BCUT2D eigenvalue weighted by molar-refractivity contribution is 5.91. The maximum Gasteiger partial charge on any atom is 0.264 e. The number of benzene rings is 1. The van der Waals surface area contributed by atoms with Crippen LogP contribution in [0.3, 0.4) is 0 Å². The van der Waals surface area contributed by atoms with Crippen molar-refractivity contribution in [2.75, 3.05) is 13.2 Å². The molecule has 28 heavy (non-hydrogen) atoms. The third-order valence-corrected chi connectivity index (χ3v) is 5.06. The maximum atomic E-state index is 11.9. The molecule has 2 heterocycles. The van der Waals surface area contributed by atoms with Gasteiger partial charge in [-0.2, -0.15) is 0 Å². The first-order valence-electron chi connectivity index (χ1n) is 9.84. The average molecular weight is 383 g/mol. The van der Waals surface area contributed by atoms with Gasteiger partial charge in [0.2, 0.25) is 5.96 Å². The summed E-state index contributed by atoms with van der Waals surface area (Å²) in [4.78, 5) is 16.5. The highest BCUT2D eigenvalue weighted by atomic mass is 16.3. The zero-order valence-electron chi connectivity index (χ0n) is 17.2. The Morgan fingerprint density at radius 3 is 2.54 bits per heavy atom. The van der Waals surface area contributed by atoms with E-state index in [0.29, 0.717) is 18.9 Å². The lowest BCUT2D eigenvalue weighted by Gasteiger charge is -2.23. The number of aliphatic hydroxyl groups is 1. The fraction of sp³-hybridized carbons (Fsp3) is 0.455. The number of hydrogen-bond acceptors (Lipinski definition) is 3. The van der Waals surface area contributed by atoms with Crippen LogP contribution in [0.5, 0.6) is 0 Å². The summed E-state index contributed by atoms with van der Waals surface area (Å²) < 4.78 is 1.73. The van der Waals surface area contributed by atoms with Gasteiger partial charge in [-0.05, 0) is 48.3 Å². The summed E-state index contributed by atoms with van der Waals surface area (Å²) in [5.74, 6) is 0.583. The molecule has 0 bridgehead atoms. The highest BCUT2D eigenvalue weighted by Crippen LogP contribution is 2.26. The molecule has 2 aromatic rings. The smallest absolute Gasteiger partial charge is 0.264 e. The van der Waals surface area contributed by atoms with Gasteiger partial charge in [-0.1, -0.05) is 45.0 Å². The lowest BCUT2D eigenvalue weighted by molar-refractivity contribution is 0.291. The van der Waals surface area contributed by atoms with E-state index in [0.717, 1.165) is 29.8 Å². The van der Waals surface area contributed by atoms with Gasteiger partial charge < -0.3 is 10.4 Å². The van der Waals surface area contributed by atoms with E-state index in [1.165, 1.54) is 11.1 Å². The molecule has 1 aromatic carbocycles. The minimum atomic E-state index is -0.137. The van der Waals surface area contributed by atoms with Crippen molar-refractivity contribution in [1.82, 2.24) is 15.1 Å². The number of hydrogen-bond donors (Lipinski definition) is 3. The molecular formula is C22H30N4O2. The van der Waals surface area contributed by atoms with Crippen molar-refractivity contribution in [3.8, 4) is 0 Å². The predicted molar refractivity (Wildman–Crippen MR) is 114 cm³/mol. The number of aliphatic hydroxyl groups excluding tert-OH is 1. The fourth-order valence-electron chi connectivity index (χ4n) is 3.34. The molecule has 0 radical (unpaired) electrons. The topological polar surface area (TPSA) is 82.4 Å². The van der Waals surface area contributed by atoms with Crippen molar-refractivity contribution in [3.63, 3.8) is 0 Å². The number of aliphatic imine (C=N–C) groups is 1. The first-order valence-corrected chi connectivity index (χ1v) is 9.84. The van der Waals surface area contributed by atoms with E-state index in [1.807, 2.05) is 0 Å². The maximum absolute atomic E-state index is 11.9. The van der Waals surface area contributed by atoms with E-state index < -0.39 is 0 Å². The molecule has 0 amide bonds. The zero-order valence-corrected chi connectivity index (χ0v) is 17.2. The van der Waals surface area contributed by atoms with Gasteiger partial charge >= 0.3 is 0 Å². The summed E-state index contributed by atoms with van der Waals surface area (Å²) in [6.45, 7) is 9.30. The van der Waals surface area contributed by atoms with Gasteiger partial charge in [0.25, 0.3) is 5.56 Å². The van der Waals surface area contributed by atoms with E-state index in [-0.39, 0.29) is 17.6 Å². The van der Waals surface area contributed by atoms with Crippen LogP contribution in [0.4, 0.5) is 0 Å². The molecule has 0 spiro atoms. The van der Waals surface area contributed by atoms with Gasteiger partial charge in [0.15, 0.2) is 0 Å². The Morgan fingerprint density at radius 2 is 1.89 bits per heavy atom. The standard InChI is InChI=1S/C22H30N4O2/c1-15-6-11-18-14-19(28)25-26(18)21(23-12-5-13-27)24-20(15)16-7-9-17(10-8-16)22(2,3)4/h7-10,14,27H,5-6,11-13H2,1-4H3,(H,23,24)(H,25,28)/b20-15+. The Balaban J connectivity index is 2.00. The molecule has 0 saturated carbocycles. The van der Waals surface area contributed by atoms with Gasteiger partial charge in [0.1, 0.15) is 0 Å². The number of aryl methyl sites for hydroxylation is 1. The molecule has 1 aliphatic heterocycles. The number of nitrogens with zero attached hydrogens (tertiary/aromatic N) is 2. The van der Waals surface area contributed by atoms with Crippen LogP contribution >= 0.6 is 0 Å². The molecule has 150 valence electrons. The highest BCUT2D eigenvalue weighted by Gasteiger charge is 2.19. The number of H-pyrrole nitrogens is 1. The third kappa shape index (κ3) is 4.44.